The Hall–Kier alpha value is -3.56. The summed E-state index contributed by atoms with van der Waals surface area (Å²) >= 11 is 0. The molecule has 12 heteroatoms. The molecule has 4 aromatic rings. The number of pyridine rings is 1. The van der Waals surface area contributed by atoms with E-state index in [2.05, 4.69) is 26.1 Å². The Balaban J connectivity index is 1.58. The summed E-state index contributed by atoms with van der Waals surface area (Å²) in [5, 5.41) is 13.5. The van der Waals surface area contributed by atoms with Gasteiger partial charge in [-0.3, -0.25) is 4.57 Å². The lowest BCUT2D eigenvalue weighted by atomic mass is 10.1. The van der Waals surface area contributed by atoms with Crippen LogP contribution in [0.2, 0.25) is 0 Å². The van der Waals surface area contributed by atoms with Crippen molar-refractivity contribution in [3.8, 4) is 17.5 Å². The average molecular weight is 467 g/mol. The maximum Gasteiger partial charge on any atom is 0.328 e. The Morgan fingerprint density at radius 2 is 2.18 bits per heavy atom. The molecule has 0 aromatic carbocycles. The number of rotatable bonds is 5. The fourth-order valence-electron chi connectivity index (χ4n) is 4.38. The van der Waals surface area contributed by atoms with Gasteiger partial charge in [0.25, 0.3) is 0 Å². The van der Waals surface area contributed by atoms with Crippen molar-refractivity contribution in [1.82, 2.24) is 33.4 Å². The molecule has 11 nitrogen and oxygen atoms in total. The Morgan fingerprint density at radius 1 is 1.33 bits per heavy atom. The van der Waals surface area contributed by atoms with Gasteiger partial charge in [-0.05, 0) is 31.4 Å². The van der Waals surface area contributed by atoms with Gasteiger partial charge in [0.1, 0.15) is 5.52 Å². The molecule has 170 valence electrons. The average Bonchev–Trinajstić information content (AvgIpc) is 3.38. The van der Waals surface area contributed by atoms with Gasteiger partial charge < -0.3 is 4.98 Å². The van der Waals surface area contributed by atoms with E-state index in [4.69, 9.17) is 0 Å². The highest BCUT2D eigenvalue weighted by Gasteiger charge is 2.31. The third-order valence-corrected chi connectivity index (χ3v) is 7.97. The van der Waals surface area contributed by atoms with Crippen LogP contribution in [0.1, 0.15) is 37.8 Å². The van der Waals surface area contributed by atoms with Gasteiger partial charge in [-0.15, -0.1) is 0 Å². The summed E-state index contributed by atoms with van der Waals surface area (Å²) in [4.78, 5) is 24.7. The van der Waals surface area contributed by atoms with Gasteiger partial charge in [-0.25, -0.2) is 27.7 Å². The first kappa shape index (κ1) is 21.3. The lowest BCUT2D eigenvalue weighted by molar-refractivity contribution is 0.266. The SMILES string of the molecule is CCCS(=O)(=O)N1CCC[C@H](n2c(=O)[nH]c3cnc(-c4cnn5ccc(C#N)cc45)nc32)C1. The van der Waals surface area contributed by atoms with Crippen molar-refractivity contribution >= 4 is 26.7 Å². The van der Waals surface area contributed by atoms with Gasteiger partial charge in [-0.2, -0.15) is 14.7 Å². The van der Waals surface area contributed by atoms with Crippen molar-refractivity contribution < 1.29 is 8.42 Å². The maximum atomic E-state index is 12.8. The molecular formula is C21H22N8O3S. The number of sulfonamides is 1. The van der Waals surface area contributed by atoms with E-state index >= 15 is 0 Å². The molecule has 0 radical (unpaired) electrons. The highest BCUT2D eigenvalue weighted by Crippen LogP contribution is 2.27. The van der Waals surface area contributed by atoms with Gasteiger partial charge in [0.05, 0.1) is 46.9 Å². The van der Waals surface area contributed by atoms with Crippen LogP contribution in [0.3, 0.4) is 0 Å². The van der Waals surface area contributed by atoms with Crippen LogP contribution in [-0.4, -0.2) is 60.7 Å². The smallest absolute Gasteiger partial charge is 0.303 e. The molecule has 1 saturated heterocycles. The summed E-state index contributed by atoms with van der Waals surface area (Å²) in [5.41, 5.74) is 2.34. The monoisotopic (exact) mass is 466 g/mol. The molecule has 0 aliphatic carbocycles. The standard InChI is InChI=1S/C21H22N8O3S/c1-2-8-33(31,32)27-6-3-4-15(13-27)29-20-17(25-21(29)30)12-23-19(26-20)16-11-24-28-7-5-14(10-22)9-18(16)28/h5,7,9,11-12,15H,2-4,6,8,13H2,1H3,(H,25,30)/t15-/m0/s1. The first-order chi connectivity index (χ1) is 15.9. The van der Waals surface area contributed by atoms with E-state index in [1.165, 1.54) is 4.31 Å². The topological polar surface area (TPSA) is 142 Å². The van der Waals surface area contributed by atoms with E-state index in [0.29, 0.717) is 59.4 Å². The number of fused-ring (bicyclic) bond motifs is 2. The highest BCUT2D eigenvalue weighted by molar-refractivity contribution is 7.89. The predicted molar refractivity (Wildman–Crippen MR) is 121 cm³/mol. The second kappa shape index (κ2) is 8.09. The van der Waals surface area contributed by atoms with Gasteiger partial charge in [0, 0.05) is 19.3 Å². The number of imidazole rings is 1. The van der Waals surface area contributed by atoms with Crippen LogP contribution in [0.5, 0.6) is 0 Å². The number of H-pyrrole nitrogens is 1. The summed E-state index contributed by atoms with van der Waals surface area (Å²) in [7, 11) is -3.36. The molecule has 33 heavy (non-hydrogen) atoms. The molecule has 0 bridgehead atoms. The van der Waals surface area contributed by atoms with E-state index in [0.717, 1.165) is 0 Å². The molecule has 0 unspecified atom stereocenters. The zero-order valence-corrected chi connectivity index (χ0v) is 18.8. The lowest BCUT2D eigenvalue weighted by Gasteiger charge is -2.32. The fourth-order valence-corrected chi connectivity index (χ4v) is 5.96. The number of hydrogen-bond acceptors (Lipinski definition) is 7. The molecule has 1 atom stereocenters. The van der Waals surface area contributed by atoms with Crippen molar-refractivity contribution in [3.63, 3.8) is 0 Å². The minimum absolute atomic E-state index is 0.0915. The van der Waals surface area contributed by atoms with E-state index in [1.807, 2.05) is 6.92 Å². The van der Waals surface area contributed by atoms with Gasteiger partial charge in [0.2, 0.25) is 10.0 Å². The van der Waals surface area contributed by atoms with Crippen molar-refractivity contribution in [2.24, 2.45) is 0 Å². The predicted octanol–water partition coefficient (Wildman–Crippen LogP) is 1.68. The Bertz CT molecular complexity index is 1560. The van der Waals surface area contributed by atoms with Gasteiger partial charge in [0.15, 0.2) is 11.5 Å². The summed E-state index contributed by atoms with van der Waals surface area (Å²) in [6, 6.07) is 5.15. The summed E-state index contributed by atoms with van der Waals surface area (Å²) < 4.78 is 29.9. The third kappa shape index (κ3) is 3.69. The van der Waals surface area contributed by atoms with E-state index < -0.39 is 10.0 Å². The molecule has 0 saturated carbocycles. The second-order valence-electron chi connectivity index (χ2n) is 8.12. The minimum Gasteiger partial charge on any atom is -0.303 e. The molecule has 1 N–H and O–H groups in total. The van der Waals surface area contributed by atoms with E-state index in [9.17, 15) is 18.5 Å². The summed E-state index contributed by atoms with van der Waals surface area (Å²) in [6.45, 7) is 2.53. The van der Waals surface area contributed by atoms with Gasteiger partial charge in [-0.1, -0.05) is 6.92 Å². The van der Waals surface area contributed by atoms with Crippen molar-refractivity contribution in [3.05, 3.63) is 46.8 Å². The summed E-state index contributed by atoms with van der Waals surface area (Å²) in [6.07, 6.45) is 6.73. The molecule has 1 aliphatic heterocycles. The number of aromatic nitrogens is 6. The van der Waals surface area contributed by atoms with Crippen LogP contribution in [0.4, 0.5) is 0 Å². The molecule has 0 amide bonds. The minimum atomic E-state index is -3.36. The molecule has 5 rings (SSSR count). The van der Waals surface area contributed by atoms with Crippen LogP contribution < -0.4 is 5.69 Å². The van der Waals surface area contributed by atoms with Crippen LogP contribution in [0.25, 0.3) is 28.1 Å². The van der Waals surface area contributed by atoms with E-state index in [-0.39, 0.29) is 24.0 Å². The Morgan fingerprint density at radius 3 is 2.97 bits per heavy atom. The Kier molecular flexibility index (Phi) is 5.22. The first-order valence-electron chi connectivity index (χ1n) is 10.7. The molecule has 5 heterocycles. The van der Waals surface area contributed by atoms with Crippen molar-refractivity contribution in [2.75, 3.05) is 18.8 Å². The molecule has 1 aliphatic rings. The number of nitriles is 1. The highest BCUT2D eigenvalue weighted by atomic mass is 32.2. The first-order valence-corrected chi connectivity index (χ1v) is 12.3. The number of nitrogens with zero attached hydrogens (tertiary/aromatic N) is 7. The normalized spacial score (nSPS) is 17.5. The molecule has 0 spiro atoms. The van der Waals surface area contributed by atoms with Crippen LogP contribution in [0, 0.1) is 11.3 Å². The number of piperidine rings is 1. The zero-order chi connectivity index (χ0) is 23.2. The quantitative estimate of drug-likeness (QED) is 0.471. The van der Waals surface area contributed by atoms with Crippen molar-refractivity contribution in [1.29, 1.82) is 5.26 Å². The number of hydrogen-bond donors (Lipinski definition) is 1. The van der Waals surface area contributed by atoms with Crippen LogP contribution in [-0.2, 0) is 10.0 Å². The summed E-state index contributed by atoms with van der Waals surface area (Å²) in [5.74, 6) is 0.459. The van der Waals surface area contributed by atoms with Crippen molar-refractivity contribution in [2.45, 2.75) is 32.2 Å². The largest absolute Gasteiger partial charge is 0.328 e. The second-order valence-corrected chi connectivity index (χ2v) is 10.2. The van der Waals surface area contributed by atoms with Crippen LogP contribution in [0.15, 0.2) is 35.5 Å². The maximum absolute atomic E-state index is 12.8. The molecule has 1 fully saturated rings. The lowest BCUT2D eigenvalue weighted by Crippen LogP contribution is -2.43. The molecule has 4 aromatic heterocycles. The molecular weight excluding hydrogens is 444 g/mol. The zero-order valence-electron chi connectivity index (χ0n) is 18.0. The van der Waals surface area contributed by atoms with Crippen LogP contribution >= 0.6 is 0 Å². The van der Waals surface area contributed by atoms with E-state index in [1.54, 1.807) is 39.8 Å². The number of aromatic amines is 1. The fraction of sp³-hybridized carbons (Fsp3) is 0.381. The van der Waals surface area contributed by atoms with Gasteiger partial charge >= 0.3 is 5.69 Å². The number of nitrogens with one attached hydrogen (secondary N) is 1. The Labute approximate surface area is 189 Å². The third-order valence-electron chi connectivity index (χ3n) is 5.93.